The van der Waals surface area contributed by atoms with Crippen LogP contribution in [-0.2, 0) is 19.6 Å². The molecule has 0 bridgehead atoms. The average molecular weight is 534 g/mol. The fraction of sp³-hybridized carbons (Fsp3) is 0.391. The first-order chi connectivity index (χ1) is 16.6. The summed E-state index contributed by atoms with van der Waals surface area (Å²) in [6.07, 6.45) is -4.56. The number of halogens is 4. The number of hydrogen-bond acceptors (Lipinski definition) is 5. The highest BCUT2D eigenvalue weighted by Crippen LogP contribution is 2.26. The van der Waals surface area contributed by atoms with Crippen molar-refractivity contribution in [3.05, 3.63) is 54.1 Å². The number of nitrogens with zero attached hydrogens (tertiary/aromatic N) is 1. The Balaban J connectivity index is 0.000000572. The minimum atomic E-state index is -5.08. The standard InChI is InChI=1S/C21H26FN3O3S.C2HF3O2/c1-14(20(23)21(26)25-12-11-18(22)13-25)15-3-5-16(6-4-15)17-7-9-19(10-8-17)24-29(2,27)28;3-2(4,5)1(6)7/h3-10,14,18,20,24H,11-13,23H2,1-2H3;(H,6,7)/t14-,18-,20-;/m0./s1. The number of carbonyl (C=O) groups excluding carboxylic acids is 1. The lowest BCUT2D eigenvalue weighted by atomic mass is 9.91. The molecule has 0 spiro atoms. The fourth-order valence-corrected chi connectivity index (χ4v) is 4.04. The molecule has 36 heavy (non-hydrogen) atoms. The van der Waals surface area contributed by atoms with Gasteiger partial charge in [0.2, 0.25) is 15.9 Å². The smallest absolute Gasteiger partial charge is 0.475 e. The summed E-state index contributed by atoms with van der Waals surface area (Å²) >= 11 is 0. The van der Waals surface area contributed by atoms with Crippen LogP contribution in [-0.4, -0.2) is 68.0 Å². The molecule has 1 saturated heterocycles. The molecule has 0 aliphatic carbocycles. The molecule has 1 aliphatic rings. The molecular formula is C23H27F4N3O5S. The van der Waals surface area contributed by atoms with Crippen LogP contribution in [0.15, 0.2) is 48.5 Å². The van der Waals surface area contributed by atoms with Gasteiger partial charge in [-0.3, -0.25) is 9.52 Å². The van der Waals surface area contributed by atoms with Gasteiger partial charge in [-0.15, -0.1) is 0 Å². The molecular weight excluding hydrogens is 506 g/mol. The van der Waals surface area contributed by atoms with E-state index in [1.54, 1.807) is 12.1 Å². The molecule has 2 aromatic carbocycles. The number of nitrogens with one attached hydrogen (secondary N) is 1. The van der Waals surface area contributed by atoms with Gasteiger partial charge in [0.25, 0.3) is 0 Å². The summed E-state index contributed by atoms with van der Waals surface area (Å²) < 4.78 is 70.1. The van der Waals surface area contributed by atoms with Crippen LogP contribution in [0.2, 0.25) is 0 Å². The minimum absolute atomic E-state index is 0.127. The summed E-state index contributed by atoms with van der Waals surface area (Å²) in [7, 11) is -3.31. The van der Waals surface area contributed by atoms with Crippen molar-refractivity contribution in [1.29, 1.82) is 0 Å². The van der Waals surface area contributed by atoms with Crippen LogP contribution in [0.4, 0.5) is 23.2 Å². The minimum Gasteiger partial charge on any atom is -0.475 e. The molecule has 13 heteroatoms. The number of anilines is 1. The Morgan fingerprint density at radius 2 is 1.56 bits per heavy atom. The van der Waals surface area contributed by atoms with Gasteiger partial charge in [0.05, 0.1) is 18.8 Å². The zero-order chi connectivity index (χ0) is 27.3. The molecule has 0 unspecified atom stereocenters. The summed E-state index contributed by atoms with van der Waals surface area (Å²) in [5, 5.41) is 7.12. The molecule has 8 nitrogen and oxygen atoms in total. The first-order valence-corrected chi connectivity index (χ1v) is 12.6. The Bertz CT molecular complexity index is 1160. The Kier molecular flexibility index (Phi) is 9.44. The van der Waals surface area contributed by atoms with E-state index in [0.29, 0.717) is 18.7 Å². The maximum atomic E-state index is 13.4. The average Bonchev–Trinajstić information content (AvgIpc) is 3.23. The molecule has 1 heterocycles. The maximum Gasteiger partial charge on any atom is 0.490 e. The van der Waals surface area contributed by atoms with Gasteiger partial charge in [0.15, 0.2) is 0 Å². The number of amides is 1. The Hall–Kier alpha value is -3.19. The van der Waals surface area contributed by atoms with Gasteiger partial charge in [-0.2, -0.15) is 13.2 Å². The highest BCUT2D eigenvalue weighted by atomic mass is 32.2. The van der Waals surface area contributed by atoms with Crippen molar-refractivity contribution in [1.82, 2.24) is 4.90 Å². The van der Waals surface area contributed by atoms with E-state index in [1.807, 2.05) is 43.3 Å². The third-order valence-electron chi connectivity index (χ3n) is 5.47. The summed E-state index contributed by atoms with van der Waals surface area (Å²) in [5.41, 5.74) is 9.50. The van der Waals surface area contributed by atoms with E-state index in [0.717, 1.165) is 22.9 Å². The molecule has 3 atom stereocenters. The molecule has 0 radical (unpaired) electrons. The van der Waals surface area contributed by atoms with Crippen molar-refractivity contribution >= 4 is 27.6 Å². The van der Waals surface area contributed by atoms with E-state index in [-0.39, 0.29) is 18.4 Å². The normalized spacial score (nSPS) is 17.5. The summed E-state index contributed by atoms with van der Waals surface area (Å²) in [6, 6.07) is 14.1. The predicted octanol–water partition coefficient (Wildman–Crippen LogP) is 3.36. The second-order valence-electron chi connectivity index (χ2n) is 8.36. The number of sulfonamides is 1. The maximum absolute atomic E-state index is 13.4. The van der Waals surface area contributed by atoms with Crippen molar-refractivity contribution in [3.8, 4) is 11.1 Å². The van der Waals surface area contributed by atoms with Gasteiger partial charge in [-0.05, 0) is 35.2 Å². The summed E-state index contributed by atoms with van der Waals surface area (Å²) in [6.45, 7) is 2.44. The van der Waals surface area contributed by atoms with E-state index < -0.39 is 34.4 Å². The molecule has 1 aliphatic heterocycles. The number of hydrogen-bond donors (Lipinski definition) is 3. The molecule has 3 rings (SSSR count). The second kappa shape index (κ2) is 11.7. The molecule has 2 aromatic rings. The third-order valence-corrected chi connectivity index (χ3v) is 6.07. The zero-order valence-corrected chi connectivity index (χ0v) is 20.3. The Labute approximate surface area is 206 Å². The van der Waals surface area contributed by atoms with Gasteiger partial charge < -0.3 is 15.7 Å². The largest absolute Gasteiger partial charge is 0.490 e. The lowest BCUT2D eigenvalue weighted by Gasteiger charge is -2.25. The molecule has 1 amide bonds. The van der Waals surface area contributed by atoms with Gasteiger partial charge >= 0.3 is 12.1 Å². The third kappa shape index (κ3) is 8.48. The van der Waals surface area contributed by atoms with Crippen LogP contribution >= 0.6 is 0 Å². The van der Waals surface area contributed by atoms with E-state index >= 15 is 0 Å². The first-order valence-electron chi connectivity index (χ1n) is 10.7. The van der Waals surface area contributed by atoms with Gasteiger partial charge in [0, 0.05) is 18.2 Å². The molecule has 1 fully saturated rings. The second-order valence-corrected chi connectivity index (χ2v) is 10.1. The summed E-state index contributed by atoms with van der Waals surface area (Å²) in [5.74, 6) is -3.17. The van der Waals surface area contributed by atoms with Crippen LogP contribution in [0.1, 0.15) is 24.8 Å². The Morgan fingerprint density at radius 3 is 1.94 bits per heavy atom. The topological polar surface area (TPSA) is 130 Å². The molecule has 4 N–H and O–H groups in total. The number of carboxylic acid groups (broad SMARTS) is 1. The molecule has 198 valence electrons. The van der Waals surface area contributed by atoms with Crippen LogP contribution in [0.3, 0.4) is 0 Å². The van der Waals surface area contributed by atoms with Crippen LogP contribution < -0.4 is 10.5 Å². The van der Waals surface area contributed by atoms with Crippen LogP contribution in [0.25, 0.3) is 11.1 Å². The van der Waals surface area contributed by atoms with Crippen molar-refractivity contribution < 1.29 is 40.7 Å². The van der Waals surface area contributed by atoms with Crippen LogP contribution in [0, 0.1) is 0 Å². The lowest BCUT2D eigenvalue weighted by molar-refractivity contribution is -0.192. The molecule has 0 aromatic heterocycles. The van der Waals surface area contributed by atoms with E-state index in [9.17, 15) is 30.8 Å². The van der Waals surface area contributed by atoms with Crippen molar-refractivity contribution in [2.45, 2.75) is 37.7 Å². The van der Waals surface area contributed by atoms with Gasteiger partial charge in [-0.1, -0.05) is 43.3 Å². The SMILES string of the molecule is C[C@@H](c1ccc(-c2ccc(NS(C)(=O)=O)cc2)cc1)[C@H](N)C(=O)N1CC[C@H](F)C1.O=C(O)C(F)(F)F. The highest BCUT2D eigenvalue weighted by molar-refractivity contribution is 7.92. The first kappa shape index (κ1) is 29.0. The number of alkyl halides is 4. The van der Waals surface area contributed by atoms with E-state index in [2.05, 4.69) is 4.72 Å². The van der Waals surface area contributed by atoms with Crippen molar-refractivity contribution in [2.24, 2.45) is 5.73 Å². The monoisotopic (exact) mass is 533 g/mol. The van der Waals surface area contributed by atoms with Crippen molar-refractivity contribution in [2.75, 3.05) is 24.1 Å². The zero-order valence-electron chi connectivity index (χ0n) is 19.5. The van der Waals surface area contributed by atoms with Crippen molar-refractivity contribution in [3.63, 3.8) is 0 Å². The quantitative estimate of drug-likeness (QED) is 0.489. The number of likely N-dealkylation sites (tertiary alicyclic amines) is 1. The summed E-state index contributed by atoms with van der Waals surface area (Å²) in [4.78, 5) is 22.9. The number of aliphatic carboxylic acids is 1. The van der Waals surface area contributed by atoms with Gasteiger partial charge in [-0.25, -0.2) is 17.6 Å². The molecule has 0 saturated carbocycles. The van der Waals surface area contributed by atoms with Gasteiger partial charge in [0.1, 0.15) is 6.17 Å². The number of benzene rings is 2. The predicted molar refractivity (Wildman–Crippen MR) is 127 cm³/mol. The lowest BCUT2D eigenvalue weighted by Crippen LogP contribution is -2.45. The number of nitrogens with two attached hydrogens (primary N) is 1. The number of carbonyl (C=O) groups is 2. The number of rotatable bonds is 6. The Morgan fingerprint density at radius 1 is 1.08 bits per heavy atom. The van der Waals surface area contributed by atoms with E-state index in [1.165, 1.54) is 4.90 Å². The fourth-order valence-electron chi connectivity index (χ4n) is 3.47. The van der Waals surface area contributed by atoms with Crippen LogP contribution in [0.5, 0.6) is 0 Å². The highest BCUT2D eigenvalue weighted by Gasteiger charge is 2.38. The number of carboxylic acids is 1. The van der Waals surface area contributed by atoms with E-state index in [4.69, 9.17) is 15.6 Å².